The van der Waals surface area contributed by atoms with Gasteiger partial charge in [0, 0.05) is 7.05 Å². The van der Waals surface area contributed by atoms with Gasteiger partial charge in [-0.3, -0.25) is 14.4 Å². The molecule has 0 aliphatic rings. The van der Waals surface area contributed by atoms with Gasteiger partial charge in [-0.1, -0.05) is 15.9 Å². The first-order valence-corrected chi connectivity index (χ1v) is 8.72. The van der Waals surface area contributed by atoms with Crippen LogP contribution in [0.2, 0.25) is 0 Å². The summed E-state index contributed by atoms with van der Waals surface area (Å²) in [5, 5.41) is 2.93. The van der Waals surface area contributed by atoms with Crippen molar-refractivity contribution in [2.75, 3.05) is 32.5 Å². The van der Waals surface area contributed by atoms with Crippen LogP contribution >= 0.6 is 15.9 Å². The predicted molar refractivity (Wildman–Crippen MR) is 97.0 cm³/mol. The van der Waals surface area contributed by atoms with Gasteiger partial charge < -0.3 is 19.7 Å². The molecule has 8 heteroatoms. The Kier molecular flexibility index (Phi) is 11.9. The summed E-state index contributed by atoms with van der Waals surface area (Å²) in [7, 11) is 3.28. The van der Waals surface area contributed by atoms with Gasteiger partial charge in [0.1, 0.15) is 17.7 Å². The molecule has 0 fully saturated rings. The molecule has 24 heavy (non-hydrogen) atoms. The van der Waals surface area contributed by atoms with Crippen molar-refractivity contribution < 1.29 is 23.9 Å². The second-order valence-electron chi connectivity index (χ2n) is 7.09. The fraction of sp³-hybridized carbons (Fsp3) is 0.812. The van der Waals surface area contributed by atoms with E-state index in [1.165, 1.54) is 4.90 Å². The maximum atomic E-state index is 11.3. The van der Waals surface area contributed by atoms with Gasteiger partial charge in [-0.2, -0.15) is 0 Å². The SMILES string of the molecule is CN(CC(=O)OC(C)(C)C)C(=O)CBr.CNCC(=O)OC(C)(C)C. The van der Waals surface area contributed by atoms with E-state index in [0.717, 1.165) is 0 Å². The van der Waals surface area contributed by atoms with Crippen LogP contribution in [0.3, 0.4) is 0 Å². The molecular weight excluding hydrogens is 380 g/mol. The molecule has 1 N–H and O–H groups in total. The Morgan fingerprint density at radius 3 is 1.71 bits per heavy atom. The van der Waals surface area contributed by atoms with E-state index < -0.39 is 11.6 Å². The van der Waals surface area contributed by atoms with Crippen LogP contribution < -0.4 is 5.32 Å². The number of amides is 1. The predicted octanol–water partition coefficient (Wildman–Crippen LogP) is 1.73. The van der Waals surface area contributed by atoms with Gasteiger partial charge >= 0.3 is 11.9 Å². The minimum atomic E-state index is -0.505. The Bertz CT molecular complexity index is 414. The smallest absolute Gasteiger partial charge is 0.326 e. The molecule has 142 valence electrons. The lowest BCUT2D eigenvalue weighted by Gasteiger charge is -2.22. The molecule has 0 aliphatic carbocycles. The van der Waals surface area contributed by atoms with Crippen molar-refractivity contribution in [1.29, 1.82) is 0 Å². The van der Waals surface area contributed by atoms with E-state index in [1.807, 2.05) is 20.8 Å². The summed E-state index contributed by atoms with van der Waals surface area (Å²) in [4.78, 5) is 34.4. The summed E-state index contributed by atoms with van der Waals surface area (Å²) in [6, 6.07) is 0. The quantitative estimate of drug-likeness (QED) is 0.548. The summed E-state index contributed by atoms with van der Waals surface area (Å²) < 4.78 is 10.0. The Morgan fingerprint density at radius 2 is 1.38 bits per heavy atom. The summed E-state index contributed by atoms with van der Waals surface area (Å²) in [5.74, 6) is -0.750. The van der Waals surface area contributed by atoms with Crippen LogP contribution in [-0.4, -0.2) is 66.5 Å². The molecule has 0 aromatic carbocycles. The number of carbonyl (C=O) groups excluding carboxylic acids is 3. The summed E-state index contributed by atoms with van der Waals surface area (Å²) in [5.41, 5.74) is -0.872. The third-order valence-electron chi connectivity index (χ3n) is 2.07. The van der Waals surface area contributed by atoms with Crippen LogP contribution in [0.1, 0.15) is 41.5 Å². The normalized spacial score (nSPS) is 11.0. The molecule has 0 saturated carbocycles. The molecule has 1 amide bonds. The Balaban J connectivity index is 0. The zero-order valence-electron chi connectivity index (χ0n) is 16.0. The number of rotatable bonds is 5. The molecule has 0 bridgehead atoms. The number of alkyl halides is 1. The number of likely N-dealkylation sites (N-methyl/N-ethyl adjacent to an activating group) is 2. The number of hydrogen-bond donors (Lipinski definition) is 1. The van der Waals surface area contributed by atoms with Crippen molar-refractivity contribution in [3.63, 3.8) is 0 Å². The van der Waals surface area contributed by atoms with Crippen molar-refractivity contribution in [2.24, 2.45) is 0 Å². The molecule has 7 nitrogen and oxygen atoms in total. The van der Waals surface area contributed by atoms with Gasteiger partial charge in [-0.15, -0.1) is 0 Å². The van der Waals surface area contributed by atoms with E-state index >= 15 is 0 Å². The second-order valence-corrected chi connectivity index (χ2v) is 7.65. The van der Waals surface area contributed by atoms with Crippen LogP contribution in [0.5, 0.6) is 0 Å². The third-order valence-corrected chi connectivity index (χ3v) is 2.55. The number of nitrogens with zero attached hydrogens (tertiary/aromatic N) is 1. The number of halogens is 1. The van der Waals surface area contributed by atoms with Gasteiger partial charge in [0.2, 0.25) is 5.91 Å². The van der Waals surface area contributed by atoms with E-state index in [1.54, 1.807) is 34.9 Å². The van der Waals surface area contributed by atoms with Crippen LogP contribution in [-0.2, 0) is 23.9 Å². The van der Waals surface area contributed by atoms with E-state index in [4.69, 9.17) is 9.47 Å². The van der Waals surface area contributed by atoms with E-state index in [-0.39, 0.29) is 35.9 Å². The maximum absolute atomic E-state index is 11.3. The van der Waals surface area contributed by atoms with Crippen LogP contribution in [0.15, 0.2) is 0 Å². The maximum Gasteiger partial charge on any atom is 0.326 e. The fourth-order valence-corrected chi connectivity index (χ4v) is 1.71. The Hall–Kier alpha value is -1.15. The first-order valence-electron chi connectivity index (χ1n) is 7.60. The number of hydrogen-bond acceptors (Lipinski definition) is 6. The van der Waals surface area contributed by atoms with Gasteiger partial charge in [0.05, 0.1) is 11.9 Å². The highest BCUT2D eigenvalue weighted by Gasteiger charge is 2.19. The first-order chi connectivity index (χ1) is 10.7. The van der Waals surface area contributed by atoms with Gasteiger partial charge in [-0.25, -0.2) is 0 Å². The van der Waals surface area contributed by atoms with E-state index in [0.29, 0.717) is 0 Å². The van der Waals surface area contributed by atoms with Gasteiger partial charge in [0.25, 0.3) is 0 Å². The minimum Gasteiger partial charge on any atom is -0.459 e. The molecule has 0 unspecified atom stereocenters. The average Bonchev–Trinajstić information content (AvgIpc) is 2.33. The highest BCUT2D eigenvalue weighted by molar-refractivity contribution is 9.09. The number of nitrogens with one attached hydrogen (secondary N) is 1. The largest absolute Gasteiger partial charge is 0.459 e. The molecule has 0 rings (SSSR count). The molecule has 0 saturated heterocycles. The number of esters is 2. The standard InChI is InChI=1S/C9H16BrNO3.C7H15NO2/c1-9(2,3)14-8(13)6-11(4)7(12)5-10;1-7(2,3)10-6(9)5-8-4/h5-6H2,1-4H3;8H,5H2,1-4H3. The number of ether oxygens (including phenoxy) is 2. The average molecular weight is 411 g/mol. The molecule has 0 aromatic heterocycles. The van der Waals surface area contributed by atoms with E-state index in [2.05, 4.69) is 21.2 Å². The zero-order valence-corrected chi connectivity index (χ0v) is 17.6. The van der Waals surface area contributed by atoms with Crippen molar-refractivity contribution in [3.8, 4) is 0 Å². The van der Waals surface area contributed by atoms with Crippen LogP contribution in [0.4, 0.5) is 0 Å². The topological polar surface area (TPSA) is 84.9 Å². The first kappa shape index (κ1) is 25.1. The lowest BCUT2D eigenvalue weighted by molar-refractivity contribution is -0.158. The van der Waals surface area contributed by atoms with Gasteiger partial charge in [0.15, 0.2) is 0 Å². The van der Waals surface area contributed by atoms with Crippen LogP contribution in [0.25, 0.3) is 0 Å². The summed E-state index contributed by atoms with van der Waals surface area (Å²) in [6.45, 7) is 11.2. The monoisotopic (exact) mass is 410 g/mol. The number of carbonyl (C=O) groups is 3. The summed E-state index contributed by atoms with van der Waals surface area (Å²) >= 11 is 3.02. The lowest BCUT2D eigenvalue weighted by Crippen LogP contribution is -2.36. The highest BCUT2D eigenvalue weighted by Crippen LogP contribution is 2.07. The molecule has 0 heterocycles. The second kappa shape index (κ2) is 11.4. The van der Waals surface area contributed by atoms with Gasteiger partial charge in [-0.05, 0) is 48.6 Å². The highest BCUT2D eigenvalue weighted by atomic mass is 79.9. The van der Waals surface area contributed by atoms with Crippen LogP contribution in [0, 0.1) is 0 Å². The molecule has 0 aliphatic heterocycles. The molecular formula is C16H31BrN2O5. The molecule has 0 aromatic rings. The fourth-order valence-electron chi connectivity index (χ4n) is 1.28. The summed E-state index contributed by atoms with van der Waals surface area (Å²) in [6.07, 6.45) is 0. The molecule has 0 radical (unpaired) electrons. The minimum absolute atomic E-state index is 0.0122. The van der Waals surface area contributed by atoms with Crippen molar-refractivity contribution >= 4 is 33.8 Å². The lowest BCUT2D eigenvalue weighted by atomic mass is 10.2. The molecule has 0 atom stereocenters. The molecule has 0 spiro atoms. The Morgan fingerprint density at radius 1 is 0.958 bits per heavy atom. The zero-order chi connectivity index (χ0) is 19.6. The Labute approximate surface area is 153 Å². The van der Waals surface area contributed by atoms with Crippen molar-refractivity contribution in [3.05, 3.63) is 0 Å². The van der Waals surface area contributed by atoms with E-state index in [9.17, 15) is 14.4 Å². The van der Waals surface area contributed by atoms with Crippen molar-refractivity contribution in [2.45, 2.75) is 52.7 Å². The van der Waals surface area contributed by atoms with Crippen molar-refractivity contribution in [1.82, 2.24) is 10.2 Å². The third kappa shape index (κ3) is 17.2.